The van der Waals surface area contributed by atoms with Crippen molar-refractivity contribution in [2.45, 2.75) is 4.84 Å². The van der Waals surface area contributed by atoms with Crippen molar-refractivity contribution in [3.63, 3.8) is 0 Å². The topological polar surface area (TPSA) is 53.8 Å². The maximum absolute atomic E-state index is 12.1. The van der Waals surface area contributed by atoms with Gasteiger partial charge in [0.05, 0.1) is 0 Å². The number of nitrogens with zero attached hydrogens (tertiary/aromatic N) is 2. The summed E-state index contributed by atoms with van der Waals surface area (Å²) < 4.78 is 5.72. The van der Waals surface area contributed by atoms with Crippen molar-refractivity contribution >= 4 is 50.9 Å². The molecule has 1 saturated heterocycles. The molecule has 0 unspecified atom stereocenters. The first-order valence-electron chi connectivity index (χ1n) is 5.60. The van der Waals surface area contributed by atoms with Gasteiger partial charge in [0.1, 0.15) is 0 Å². The van der Waals surface area contributed by atoms with E-state index < -0.39 is 4.84 Å². The third-order valence-electron chi connectivity index (χ3n) is 2.85. The van der Waals surface area contributed by atoms with Gasteiger partial charge in [-0.1, -0.05) is 23.2 Å². The van der Waals surface area contributed by atoms with E-state index in [0.29, 0.717) is 30.8 Å². The quantitative estimate of drug-likeness (QED) is 0.750. The third-order valence-corrected chi connectivity index (χ3v) is 3.65. The lowest BCUT2D eigenvalue weighted by Crippen LogP contribution is -2.51. The summed E-state index contributed by atoms with van der Waals surface area (Å²) in [6.07, 6.45) is 0. The predicted octanol–water partition coefficient (Wildman–Crippen LogP) is 2.13. The van der Waals surface area contributed by atoms with Crippen molar-refractivity contribution in [1.82, 2.24) is 9.80 Å². The molecule has 0 aromatic carbocycles. The number of piperazine rings is 1. The van der Waals surface area contributed by atoms with Crippen LogP contribution in [0.25, 0.3) is 0 Å². The zero-order chi connectivity index (χ0) is 14.0. The van der Waals surface area contributed by atoms with Gasteiger partial charge in [-0.3, -0.25) is 9.59 Å². The number of hydrogen-bond donors (Lipinski definition) is 0. The first-order valence-corrected chi connectivity index (χ1v) is 7.27. The highest BCUT2D eigenvalue weighted by molar-refractivity contribution is 9.10. The lowest BCUT2D eigenvalue weighted by Gasteiger charge is -2.34. The molecule has 1 aromatic rings. The summed E-state index contributed by atoms with van der Waals surface area (Å²) in [5.41, 5.74) is 0. The van der Waals surface area contributed by atoms with Gasteiger partial charge in [0.15, 0.2) is 15.3 Å². The van der Waals surface area contributed by atoms with Crippen molar-refractivity contribution in [3.05, 3.63) is 22.6 Å². The molecule has 0 bridgehead atoms. The number of alkyl halides is 2. The first-order chi connectivity index (χ1) is 8.99. The smallest absolute Gasteiger partial charge is 0.289 e. The predicted molar refractivity (Wildman–Crippen MR) is 74.4 cm³/mol. The normalized spacial score (nSPS) is 16.0. The summed E-state index contributed by atoms with van der Waals surface area (Å²) >= 11 is 14.2. The van der Waals surface area contributed by atoms with Crippen molar-refractivity contribution in [2.24, 2.45) is 0 Å². The van der Waals surface area contributed by atoms with Gasteiger partial charge < -0.3 is 14.2 Å². The zero-order valence-electron chi connectivity index (χ0n) is 9.81. The molecule has 2 heterocycles. The Morgan fingerprint density at radius 2 is 1.74 bits per heavy atom. The van der Waals surface area contributed by atoms with Crippen LogP contribution in [0.2, 0.25) is 0 Å². The largest absolute Gasteiger partial charge is 0.444 e. The van der Waals surface area contributed by atoms with Gasteiger partial charge in [-0.05, 0) is 28.1 Å². The first kappa shape index (κ1) is 14.7. The SMILES string of the molecule is O=C(c1ccc(Br)o1)N1CCN(C(=O)C(Cl)Cl)CC1. The maximum atomic E-state index is 12.1. The number of carbonyl (C=O) groups excluding carboxylic acids is 2. The maximum Gasteiger partial charge on any atom is 0.289 e. The van der Waals surface area contributed by atoms with Gasteiger partial charge >= 0.3 is 0 Å². The Labute approximate surface area is 128 Å². The summed E-state index contributed by atoms with van der Waals surface area (Å²) in [5, 5.41) is 0. The van der Waals surface area contributed by atoms with Crippen LogP contribution in [0.1, 0.15) is 10.6 Å². The molecular weight excluding hydrogens is 359 g/mol. The number of hydrogen-bond acceptors (Lipinski definition) is 3. The molecule has 1 aromatic heterocycles. The van der Waals surface area contributed by atoms with Gasteiger partial charge in [-0.25, -0.2) is 0 Å². The molecular formula is C11H11BrCl2N2O3. The second-order valence-electron chi connectivity index (χ2n) is 4.02. The Balaban J connectivity index is 1.93. The highest BCUT2D eigenvalue weighted by Gasteiger charge is 2.28. The van der Waals surface area contributed by atoms with Gasteiger partial charge in [-0.2, -0.15) is 0 Å². The molecule has 0 spiro atoms. The molecule has 1 fully saturated rings. The third kappa shape index (κ3) is 3.43. The van der Waals surface area contributed by atoms with Crippen molar-refractivity contribution < 1.29 is 14.0 Å². The zero-order valence-corrected chi connectivity index (χ0v) is 12.9. The van der Waals surface area contributed by atoms with E-state index in [-0.39, 0.29) is 17.6 Å². The van der Waals surface area contributed by atoms with Crippen LogP contribution in [-0.2, 0) is 4.79 Å². The van der Waals surface area contributed by atoms with Crippen molar-refractivity contribution in [3.8, 4) is 0 Å². The van der Waals surface area contributed by atoms with Crippen LogP contribution < -0.4 is 0 Å². The Hall–Kier alpha value is -0.720. The van der Waals surface area contributed by atoms with Crippen molar-refractivity contribution in [1.29, 1.82) is 0 Å². The Morgan fingerprint density at radius 1 is 1.16 bits per heavy atom. The van der Waals surface area contributed by atoms with E-state index in [0.717, 1.165) is 0 Å². The van der Waals surface area contributed by atoms with Gasteiger partial charge in [0.2, 0.25) is 0 Å². The van der Waals surface area contributed by atoms with Crippen LogP contribution in [0, 0.1) is 0 Å². The van der Waals surface area contributed by atoms with Crippen LogP contribution >= 0.6 is 39.1 Å². The molecule has 8 heteroatoms. The minimum Gasteiger partial charge on any atom is -0.444 e. The molecule has 5 nitrogen and oxygen atoms in total. The second kappa shape index (κ2) is 6.15. The molecule has 0 aliphatic carbocycles. The molecule has 0 radical (unpaired) electrons. The van der Waals surface area contributed by atoms with Gasteiger partial charge in [0, 0.05) is 26.2 Å². The lowest BCUT2D eigenvalue weighted by molar-refractivity contribution is -0.130. The fourth-order valence-corrected chi connectivity index (χ4v) is 2.44. The van der Waals surface area contributed by atoms with Crippen LogP contribution in [0.4, 0.5) is 0 Å². The molecule has 1 aliphatic rings. The lowest BCUT2D eigenvalue weighted by atomic mass is 10.3. The number of halogens is 3. The fraction of sp³-hybridized carbons (Fsp3) is 0.455. The average Bonchev–Trinajstić information content (AvgIpc) is 2.84. The van der Waals surface area contributed by atoms with Gasteiger partial charge in [-0.15, -0.1) is 0 Å². The highest BCUT2D eigenvalue weighted by atomic mass is 79.9. The average molecular weight is 370 g/mol. The summed E-state index contributed by atoms with van der Waals surface area (Å²) in [6.45, 7) is 1.71. The van der Waals surface area contributed by atoms with Crippen molar-refractivity contribution in [2.75, 3.05) is 26.2 Å². The number of rotatable bonds is 2. The molecule has 104 valence electrons. The van der Waals surface area contributed by atoms with E-state index in [9.17, 15) is 9.59 Å². The summed E-state index contributed by atoms with van der Waals surface area (Å²) in [6, 6.07) is 3.27. The van der Waals surface area contributed by atoms with Crippen LogP contribution in [-0.4, -0.2) is 52.6 Å². The minimum atomic E-state index is -1.05. The second-order valence-corrected chi connectivity index (χ2v) is 5.90. The Kier molecular flexibility index (Phi) is 4.76. The summed E-state index contributed by atoms with van der Waals surface area (Å²) in [4.78, 5) is 25.8. The van der Waals surface area contributed by atoms with Gasteiger partial charge in [0.25, 0.3) is 11.8 Å². The number of amides is 2. The molecule has 2 rings (SSSR count). The summed E-state index contributed by atoms with van der Waals surface area (Å²) in [5.74, 6) is -0.235. The van der Waals surface area contributed by atoms with E-state index in [1.807, 2.05) is 0 Å². The Morgan fingerprint density at radius 3 is 2.21 bits per heavy atom. The standard InChI is InChI=1S/C11H11BrCl2N2O3/c12-8-2-1-7(19-8)10(17)15-3-5-16(6-4-15)11(18)9(13)14/h1-2,9H,3-6H2. The highest BCUT2D eigenvalue weighted by Crippen LogP contribution is 2.17. The number of furan rings is 1. The number of carbonyl (C=O) groups is 2. The Bertz CT molecular complexity index is 484. The van der Waals surface area contributed by atoms with E-state index >= 15 is 0 Å². The van der Waals surface area contributed by atoms with E-state index in [4.69, 9.17) is 27.6 Å². The summed E-state index contributed by atoms with van der Waals surface area (Å²) in [7, 11) is 0. The van der Waals surface area contributed by atoms with E-state index in [1.165, 1.54) is 0 Å². The van der Waals surface area contributed by atoms with Crippen LogP contribution in [0.3, 0.4) is 0 Å². The minimum absolute atomic E-state index is 0.189. The molecule has 2 amide bonds. The fourth-order valence-electron chi connectivity index (χ4n) is 1.85. The van der Waals surface area contributed by atoms with E-state index in [1.54, 1.807) is 21.9 Å². The monoisotopic (exact) mass is 368 g/mol. The van der Waals surface area contributed by atoms with Crippen LogP contribution in [0.5, 0.6) is 0 Å². The molecule has 0 N–H and O–H groups in total. The molecule has 1 aliphatic heterocycles. The van der Waals surface area contributed by atoms with Crippen LogP contribution in [0.15, 0.2) is 21.2 Å². The molecule has 19 heavy (non-hydrogen) atoms. The molecule has 0 saturated carbocycles. The molecule has 0 atom stereocenters. The van der Waals surface area contributed by atoms with E-state index in [2.05, 4.69) is 15.9 Å².